The van der Waals surface area contributed by atoms with Crippen molar-refractivity contribution in [1.82, 2.24) is 5.48 Å². The number of carbonyl (C=O) groups is 2. The second-order valence-corrected chi connectivity index (χ2v) is 8.24. The first-order valence-electron chi connectivity index (χ1n) is 10.1. The van der Waals surface area contributed by atoms with Crippen LogP contribution in [0.1, 0.15) is 92.4 Å². The number of carbonyl (C=O) groups excluding carboxylic acids is 2. The fourth-order valence-electron chi connectivity index (χ4n) is 3.11. The molecule has 0 aliphatic rings. The summed E-state index contributed by atoms with van der Waals surface area (Å²) < 4.78 is 0. The first-order chi connectivity index (χ1) is 12.2. The Bertz CT molecular complexity index is 439. The van der Waals surface area contributed by atoms with E-state index < -0.39 is 12.0 Å². The summed E-state index contributed by atoms with van der Waals surface area (Å²) in [6.45, 7) is 11.2. The molecule has 6 heteroatoms. The maximum atomic E-state index is 11.4. The molecule has 0 aromatic heterocycles. The van der Waals surface area contributed by atoms with Crippen LogP contribution < -0.4 is 11.2 Å². The summed E-state index contributed by atoms with van der Waals surface area (Å²) in [6, 6.07) is -0.882. The molecule has 0 aromatic carbocycles. The molecular formula is C21H41KN2O3. The molecule has 0 bridgehead atoms. The third-order valence-electron chi connectivity index (χ3n) is 4.76. The number of hydroxylamine groups is 1. The molecule has 0 rings (SSSR count). The number of rotatable bonds is 13. The molecule has 0 fully saturated rings. The van der Waals surface area contributed by atoms with Gasteiger partial charge in [-0.1, -0.05) is 78.2 Å². The van der Waals surface area contributed by atoms with E-state index in [1.807, 2.05) is 12.4 Å². The quantitative estimate of drug-likeness (QED) is 0.260. The van der Waals surface area contributed by atoms with E-state index in [0.29, 0.717) is 5.92 Å². The normalized spacial score (nSPS) is 13.6. The Balaban J connectivity index is 0. The minimum absolute atomic E-state index is 0. The van der Waals surface area contributed by atoms with Crippen LogP contribution in [0.2, 0.25) is 0 Å². The Morgan fingerprint density at radius 1 is 0.926 bits per heavy atom. The second-order valence-electron chi connectivity index (χ2n) is 8.24. The Hall–Kier alpha value is 0.116. The molecule has 3 N–H and O–H groups in total. The van der Waals surface area contributed by atoms with Crippen molar-refractivity contribution < 1.29 is 14.4 Å². The van der Waals surface area contributed by atoms with Gasteiger partial charge in [0, 0.05) is 6.08 Å². The minimum atomic E-state index is -0.882. The van der Waals surface area contributed by atoms with Gasteiger partial charge in [-0.25, -0.2) is 9.59 Å². The van der Waals surface area contributed by atoms with Crippen LogP contribution >= 0.6 is 0 Å². The number of hydrogen-bond acceptors (Lipinski definition) is 3. The van der Waals surface area contributed by atoms with E-state index in [4.69, 9.17) is 5.73 Å². The van der Waals surface area contributed by atoms with Crippen molar-refractivity contribution >= 4 is 63.4 Å². The van der Waals surface area contributed by atoms with Gasteiger partial charge < -0.3 is 10.6 Å². The molecule has 0 aromatic rings. The second kappa shape index (κ2) is 18.2. The predicted molar refractivity (Wildman–Crippen MR) is 114 cm³/mol. The zero-order chi connectivity index (χ0) is 19.9. The van der Waals surface area contributed by atoms with Gasteiger partial charge in [-0.2, -0.15) is 5.48 Å². The molecule has 0 unspecified atom stereocenters. The topological polar surface area (TPSA) is 81.4 Å². The van der Waals surface area contributed by atoms with Gasteiger partial charge >= 0.3 is 63.4 Å². The molecule has 0 heterocycles. The molecule has 5 nitrogen and oxygen atoms in total. The predicted octanol–water partition coefficient (Wildman–Crippen LogP) is 4.85. The maximum absolute atomic E-state index is 11.4. The first-order valence-corrected chi connectivity index (χ1v) is 10.1. The average molecular weight is 409 g/mol. The summed E-state index contributed by atoms with van der Waals surface area (Å²) in [6.07, 6.45) is 12.5. The van der Waals surface area contributed by atoms with E-state index in [9.17, 15) is 9.59 Å². The van der Waals surface area contributed by atoms with Gasteiger partial charge in [-0.05, 0) is 37.5 Å². The number of urea groups is 1. The van der Waals surface area contributed by atoms with Crippen LogP contribution in [0.5, 0.6) is 0 Å². The van der Waals surface area contributed by atoms with Crippen LogP contribution in [-0.2, 0) is 9.63 Å². The van der Waals surface area contributed by atoms with Crippen LogP contribution in [0.4, 0.5) is 4.79 Å². The molecule has 154 valence electrons. The van der Waals surface area contributed by atoms with Crippen LogP contribution in [0, 0.1) is 17.8 Å². The standard InChI is InChI=1S/C21H40N2O3.K.H/c1-16(2)9-6-10-17(3)11-7-12-18(4)13-8-14-19(5)15-20(24)26-23-21(22)25;;/h15-18H,6-14H2,1-5H3,(H3,22,23,25);;/b19-15+;;/t17-,18-;;/m1../s1. The number of primary amides is 1. The van der Waals surface area contributed by atoms with Gasteiger partial charge in [0.25, 0.3) is 0 Å². The number of hydrogen-bond donors (Lipinski definition) is 2. The van der Waals surface area contributed by atoms with Crippen molar-refractivity contribution in [2.45, 2.75) is 92.4 Å². The van der Waals surface area contributed by atoms with Gasteiger partial charge in [-0.3, -0.25) is 0 Å². The van der Waals surface area contributed by atoms with Gasteiger partial charge in [0.2, 0.25) is 0 Å². The molecule has 2 atom stereocenters. The number of amides is 2. The third kappa shape index (κ3) is 20.7. The first kappa shape index (κ1) is 29.3. The number of nitrogens with two attached hydrogens (primary N) is 1. The molecule has 2 amide bonds. The summed E-state index contributed by atoms with van der Waals surface area (Å²) in [4.78, 5) is 26.3. The molecule has 0 saturated carbocycles. The van der Waals surface area contributed by atoms with Gasteiger partial charge in [0.05, 0.1) is 0 Å². The SMILES string of the molecule is C/C(=C\C(=O)ONC(N)=O)CCC[C@H](C)CCC[C@H](C)CCCC(C)C.[KH]. The fourth-order valence-corrected chi connectivity index (χ4v) is 3.11. The van der Waals surface area contributed by atoms with Crippen molar-refractivity contribution in [3.05, 3.63) is 11.6 Å². The molecular weight excluding hydrogens is 367 g/mol. The van der Waals surface area contributed by atoms with Crippen molar-refractivity contribution in [2.24, 2.45) is 23.5 Å². The van der Waals surface area contributed by atoms with Crippen LogP contribution in [0.3, 0.4) is 0 Å². The monoisotopic (exact) mass is 408 g/mol. The molecule has 0 aliphatic heterocycles. The summed E-state index contributed by atoms with van der Waals surface area (Å²) in [7, 11) is 0. The van der Waals surface area contributed by atoms with Crippen molar-refractivity contribution in [1.29, 1.82) is 0 Å². The van der Waals surface area contributed by atoms with Crippen LogP contribution in [0.25, 0.3) is 0 Å². The van der Waals surface area contributed by atoms with E-state index >= 15 is 0 Å². The molecule has 0 saturated heterocycles. The van der Waals surface area contributed by atoms with E-state index in [-0.39, 0.29) is 51.4 Å². The van der Waals surface area contributed by atoms with E-state index in [1.165, 1.54) is 51.0 Å². The van der Waals surface area contributed by atoms with E-state index in [0.717, 1.165) is 30.3 Å². The number of nitrogens with one attached hydrogen (secondary N) is 1. The van der Waals surface area contributed by atoms with Crippen molar-refractivity contribution in [3.63, 3.8) is 0 Å². The Morgan fingerprint density at radius 2 is 1.41 bits per heavy atom. The van der Waals surface area contributed by atoms with E-state index in [1.54, 1.807) is 0 Å². The Morgan fingerprint density at radius 3 is 1.89 bits per heavy atom. The Labute approximate surface area is 209 Å². The molecule has 0 spiro atoms. The average Bonchev–Trinajstić information content (AvgIpc) is 2.52. The van der Waals surface area contributed by atoms with Gasteiger partial charge in [0.15, 0.2) is 0 Å². The van der Waals surface area contributed by atoms with Crippen molar-refractivity contribution in [2.75, 3.05) is 0 Å². The summed E-state index contributed by atoms with van der Waals surface area (Å²) in [5.74, 6) is 1.78. The summed E-state index contributed by atoms with van der Waals surface area (Å²) in [5, 5.41) is 0. The van der Waals surface area contributed by atoms with E-state index in [2.05, 4.69) is 32.5 Å². The molecule has 0 aliphatic carbocycles. The molecule has 27 heavy (non-hydrogen) atoms. The Kier molecular flexibility index (Phi) is 19.7. The van der Waals surface area contributed by atoms with Gasteiger partial charge in [-0.15, -0.1) is 0 Å². The summed E-state index contributed by atoms with van der Waals surface area (Å²) in [5.41, 5.74) is 7.60. The zero-order valence-electron chi connectivity index (χ0n) is 17.5. The van der Waals surface area contributed by atoms with Gasteiger partial charge in [0.1, 0.15) is 0 Å². The zero-order valence-corrected chi connectivity index (χ0v) is 17.5. The molecule has 0 radical (unpaired) electrons. The van der Waals surface area contributed by atoms with Crippen LogP contribution in [0.15, 0.2) is 11.6 Å². The number of allylic oxidation sites excluding steroid dienone is 1. The van der Waals surface area contributed by atoms with Crippen LogP contribution in [-0.4, -0.2) is 63.4 Å². The third-order valence-corrected chi connectivity index (χ3v) is 4.76. The summed E-state index contributed by atoms with van der Waals surface area (Å²) >= 11 is 0. The van der Waals surface area contributed by atoms with Crippen molar-refractivity contribution in [3.8, 4) is 0 Å². The fraction of sp³-hybridized carbons (Fsp3) is 0.810.